The highest BCUT2D eigenvalue weighted by atomic mass is 16.5. The molecule has 0 unspecified atom stereocenters. The van der Waals surface area contributed by atoms with E-state index in [-0.39, 0.29) is 0 Å². The molecule has 0 amide bonds. The van der Waals surface area contributed by atoms with Gasteiger partial charge < -0.3 is 4.74 Å². The van der Waals surface area contributed by atoms with Gasteiger partial charge in [0.05, 0.1) is 17.1 Å². The topological polar surface area (TPSA) is 36.9 Å². The highest BCUT2D eigenvalue weighted by Gasteiger charge is 2.21. The second-order valence-electron chi connectivity index (χ2n) is 14.1. The second kappa shape index (κ2) is 12.6. The number of hydrogen-bond donors (Lipinski definition) is 0. The van der Waals surface area contributed by atoms with Crippen molar-refractivity contribution < 1.29 is 4.74 Å². The Labute approximate surface area is 294 Å². The third-order valence-corrected chi connectivity index (χ3v) is 9.83. The van der Waals surface area contributed by atoms with E-state index in [0.29, 0.717) is 17.9 Å². The van der Waals surface area contributed by atoms with Crippen molar-refractivity contribution in [1.29, 1.82) is 0 Å². The van der Waals surface area contributed by atoms with E-state index in [0.717, 1.165) is 44.9 Å². The predicted molar refractivity (Wildman–Crippen MR) is 208 cm³/mol. The molecule has 8 aromatic rings. The summed E-state index contributed by atoms with van der Waals surface area (Å²) >= 11 is 0. The normalized spacial score (nSPS) is 11.9. The van der Waals surface area contributed by atoms with Crippen LogP contribution in [0.25, 0.3) is 55.5 Å². The van der Waals surface area contributed by atoms with E-state index in [2.05, 4.69) is 177 Å². The van der Waals surface area contributed by atoms with Crippen molar-refractivity contribution in [2.75, 3.05) is 0 Å². The van der Waals surface area contributed by atoms with Gasteiger partial charge in [-0.1, -0.05) is 64.1 Å². The number of pyridine rings is 1. The van der Waals surface area contributed by atoms with Gasteiger partial charge in [0.15, 0.2) is 17.4 Å². The summed E-state index contributed by atoms with van der Waals surface area (Å²) in [6.45, 7) is 13.5. The smallest absolute Gasteiger partial charge is 0.191 e. The Hall–Kier alpha value is -5.68. The van der Waals surface area contributed by atoms with E-state index in [4.69, 9.17) is 9.72 Å². The number of benzene rings is 5. The molecular formula is C45H43N4O+. The van der Waals surface area contributed by atoms with Crippen LogP contribution >= 0.6 is 0 Å². The first-order valence-corrected chi connectivity index (χ1v) is 17.7. The summed E-state index contributed by atoms with van der Waals surface area (Å²) in [6.07, 6.45) is 4.13. The molecule has 0 saturated heterocycles. The van der Waals surface area contributed by atoms with Gasteiger partial charge in [-0.3, -0.25) is 4.57 Å². The van der Waals surface area contributed by atoms with Gasteiger partial charge >= 0.3 is 0 Å². The van der Waals surface area contributed by atoms with Crippen molar-refractivity contribution in [2.24, 2.45) is 0 Å². The van der Waals surface area contributed by atoms with Gasteiger partial charge in [0, 0.05) is 47.3 Å². The van der Waals surface area contributed by atoms with Crippen molar-refractivity contribution in [3.8, 4) is 34.1 Å². The molecule has 0 radical (unpaired) electrons. The summed E-state index contributed by atoms with van der Waals surface area (Å²) in [6, 6.07) is 43.3. The largest absolute Gasteiger partial charge is 0.456 e. The summed E-state index contributed by atoms with van der Waals surface area (Å²) in [4.78, 5) is 4.97. The molecular weight excluding hydrogens is 613 g/mol. The summed E-state index contributed by atoms with van der Waals surface area (Å²) in [5.74, 6) is 3.25. The van der Waals surface area contributed by atoms with E-state index in [9.17, 15) is 0 Å². The first kappa shape index (κ1) is 31.6. The summed E-state index contributed by atoms with van der Waals surface area (Å²) in [5, 5.41) is 2.35. The van der Waals surface area contributed by atoms with Crippen LogP contribution in [0.4, 0.5) is 0 Å². The van der Waals surface area contributed by atoms with Crippen LogP contribution in [-0.4, -0.2) is 18.7 Å². The zero-order valence-electron chi connectivity index (χ0n) is 29.6. The summed E-state index contributed by atoms with van der Waals surface area (Å²) in [5.41, 5.74) is 10.8. The van der Waals surface area contributed by atoms with Crippen molar-refractivity contribution in [2.45, 2.75) is 59.4 Å². The molecule has 8 rings (SSSR count). The first-order valence-electron chi connectivity index (χ1n) is 17.7. The van der Waals surface area contributed by atoms with Gasteiger partial charge in [-0.25, -0.2) is 9.55 Å². The number of rotatable bonds is 8. The van der Waals surface area contributed by atoms with E-state index in [1.807, 2.05) is 12.3 Å². The Bertz CT molecular complexity index is 2490. The molecule has 0 aliphatic heterocycles. The summed E-state index contributed by atoms with van der Waals surface area (Å²) < 4.78 is 13.5. The Balaban J connectivity index is 1.23. The number of nitrogens with zero attached hydrogens (tertiary/aromatic N) is 4. The molecule has 5 heteroatoms. The fourth-order valence-electron chi connectivity index (χ4n) is 7.43. The van der Waals surface area contributed by atoms with Gasteiger partial charge in [-0.2, -0.15) is 4.57 Å². The van der Waals surface area contributed by atoms with Crippen molar-refractivity contribution >= 4 is 32.8 Å². The zero-order chi connectivity index (χ0) is 34.5. The Morgan fingerprint density at radius 2 is 1.24 bits per heavy atom. The molecule has 5 nitrogen and oxygen atoms in total. The van der Waals surface area contributed by atoms with E-state index < -0.39 is 0 Å². The van der Waals surface area contributed by atoms with Crippen molar-refractivity contribution in [1.82, 2.24) is 18.7 Å². The fraction of sp³-hybridized carbons (Fsp3) is 0.200. The molecule has 3 aromatic heterocycles. The molecule has 0 saturated carbocycles. The number of para-hydroxylation sites is 3. The van der Waals surface area contributed by atoms with Crippen molar-refractivity contribution in [3.05, 3.63) is 145 Å². The van der Waals surface area contributed by atoms with Gasteiger partial charge in [0.25, 0.3) is 0 Å². The minimum absolute atomic E-state index is 0.344. The van der Waals surface area contributed by atoms with Gasteiger partial charge in [-0.05, 0) is 103 Å². The van der Waals surface area contributed by atoms with Gasteiger partial charge in [-0.15, -0.1) is 0 Å². The predicted octanol–water partition coefficient (Wildman–Crippen LogP) is 12.5. The van der Waals surface area contributed by atoms with Crippen molar-refractivity contribution in [3.63, 3.8) is 0 Å². The first-order chi connectivity index (χ1) is 24.3. The van der Waals surface area contributed by atoms with Crippen LogP contribution in [0.15, 0.2) is 134 Å². The third kappa shape index (κ3) is 5.43. The lowest BCUT2D eigenvalue weighted by Crippen LogP contribution is -2.02. The molecule has 248 valence electrons. The maximum Gasteiger partial charge on any atom is 0.191 e. The van der Waals surface area contributed by atoms with Crippen LogP contribution in [0, 0.1) is 0 Å². The molecule has 0 fully saturated rings. The Kier molecular flexibility index (Phi) is 7.99. The van der Waals surface area contributed by atoms with Crippen LogP contribution < -0.4 is 4.74 Å². The second-order valence-corrected chi connectivity index (χ2v) is 14.1. The minimum atomic E-state index is 0.344. The highest BCUT2D eigenvalue weighted by molar-refractivity contribution is 6.09. The molecule has 3 heterocycles. The maximum atomic E-state index is 6.63. The molecule has 0 aliphatic carbocycles. The van der Waals surface area contributed by atoms with E-state index >= 15 is 0 Å². The molecule has 0 spiro atoms. The van der Waals surface area contributed by atoms with Crippen LogP contribution in [0.1, 0.15) is 70.5 Å². The quantitative estimate of drug-likeness (QED) is 0.153. The number of imidazole rings is 1. The highest BCUT2D eigenvalue weighted by Crippen LogP contribution is 2.39. The van der Waals surface area contributed by atoms with Gasteiger partial charge in [0.1, 0.15) is 23.0 Å². The minimum Gasteiger partial charge on any atom is -0.456 e. The van der Waals surface area contributed by atoms with Crippen LogP contribution in [0.5, 0.6) is 11.5 Å². The number of ether oxygens (including phenoxy) is 1. The lowest BCUT2D eigenvalue weighted by atomic mass is 9.85. The molecule has 0 aliphatic rings. The lowest BCUT2D eigenvalue weighted by molar-refractivity contribution is 0.483. The molecule has 0 N–H and O–H groups in total. The van der Waals surface area contributed by atoms with Crippen LogP contribution in [-0.2, 0) is 0 Å². The average Bonchev–Trinajstić information content (AvgIpc) is 3.68. The average molecular weight is 656 g/mol. The lowest BCUT2D eigenvalue weighted by Gasteiger charge is -2.20. The zero-order valence-corrected chi connectivity index (χ0v) is 29.6. The standard InChI is InChI=1S/C45H43N4O/c1-29(2)36-16-12-17-37(30(3)4)45(36)32-23-24-46-44(25-32)49-40-18-8-7-15-38(40)39-22-21-35(27-43(39)49)50-34-14-11-13-33(26-34)48-28-47(31(5)6)41-19-9-10-20-42(41)48/h7-31H,1-6H3/q+1. The Morgan fingerprint density at radius 1 is 0.580 bits per heavy atom. The van der Waals surface area contributed by atoms with Crippen LogP contribution in [0.2, 0.25) is 0 Å². The molecule has 50 heavy (non-hydrogen) atoms. The Morgan fingerprint density at radius 3 is 1.98 bits per heavy atom. The van der Waals surface area contributed by atoms with Crippen LogP contribution in [0.3, 0.4) is 0 Å². The fourth-order valence-corrected chi connectivity index (χ4v) is 7.43. The number of fused-ring (bicyclic) bond motifs is 4. The number of hydrogen-bond acceptors (Lipinski definition) is 2. The number of aromatic nitrogens is 4. The molecule has 5 aromatic carbocycles. The molecule has 0 bridgehead atoms. The SMILES string of the molecule is CC(C)c1cccc(C(C)C)c1-c1ccnc(-n2c3ccccc3c3ccc(Oc4cccc(-n5[cH+]n(C(C)C)c6ccccc65)c4)cc32)c1. The van der Waals surface area contributed by atoms with E-state index in [1.54, 1.807) is 0 Å². The monoisotopic (exact) mass is 655 g/mol. The third-order valence-electron chi connectivity index (χ3n) is 9.83. The van der Waals surface area contributed by atoms with Gasteiger partial charge in [0.2, 0.25) is 0 Å². The molecule has 0 atom stereocenters. The van der Waals surface area contributed by atoms with E-state index in [1.165, 1.54) is 33.2 Å². The maximum absolute atomic E-state index is 6.63. The summed E-state index contributed by atoms with van der Waals surface area (Å²) in [7, 11) is 0.